The molecule has 94 valence electrons. The molecule has 2 amide bonds. The lowest BCUT2D eigenvalue weighted by Crippen LogP contribution is -2.42. The van der Waals surface area contributed by atoms with Gasteiger partial charge in [0.2, 0.25) is 0 Å². The van der Waals surface area contributed by atoms with Crippen molar-refractivity contribution >= 4 is 17.7 Å². The van der Waals surface area contributed by atoms with Crippen LogP contribution in [0.1, 0.15) is 13.8 Å². The first-order valence-electron chi connectivity index (χ1n) is 5.24. The molecule has 1 aromatic heterocycles. The van der Waals surface area contributed by atoms with Crippen LogP contribution in [-0.4, -0.2) is 44.9 Å². The van der Waals surface area contributed by atoms with Crippen LogP contribution in [0.4, 0.5) is 10.5 Å². The number of amides is 2. The third-order valence-electron chi connectivity index (χ3n) is 2.47. The molecule has 0 spiro atoms. The van der Waals surface area contributed by atoms with E-state index >= 15 is 0 Å². The van der Waals surface area contributed by atoms with Crippen LogP contribution in [0.3, 0.4) is 0 Å². The molecule has 2 N–H and O–H groups in total. The highest BCUT2D eigenvalue weighted by Gasteiger charge is 2.21. The number of carboxylic acid groups (broad SMARTS) is 1. The van der Waals surface area contributed by atoms with Crippen LogP contribution in [0.15, 0.2) is 12.4 Å². The average molecular weight is 240 g/mol. The van der Waals surface area contributed by atoms with E-state index in [1.54, 1.807) is 10.9 Å². The highest BCUT2D eigenvalue weighted by atomic mass is 16.4. The van der Waals surface area contributed by atoms with Crippen LogP contribution >= 0.6 is 0 Å². The predicted octanol–water partition coefficient (Wildman–Crippen LogP) is 0.840. The molecule has 1 unspecified atom stereocenters. The Morgan fingerprint density at radius 1 is 1.65 bits per heavy atom. The number of urea groups is 1. The highest BCUT2D eigenvalue weighted by Crippen LogP contribution is 2.07. The Kier molecular flexibility index (Phi) is 4.08. The molecule has 1 atom stereocenters. The van der Waals surface area contributed by atoms with Gasteiger partial charge < -0.3 is 15.3 Å². The summed E-state index contributed by atoms with van der Waals surface area (Å²) in [6, 6.07) is -1.35. The van der Waals surface area contributed by atoms with Gasteiger partial charge in [-0.2, -0.15) is 5.10 Å². The van der Waals surface area contributed by atoms with E-state index in [0.717, 1.165) is 4.90 Å². The molecule has 7 heteroatoms. The smallest absolute Gasteiger partial charge is 0.326 e. The first-order chi connectivity index (χ1) is 7.95. The molecular formula is C10H16N4O3. The van der Waals surface area contributed by atoms with Gasteiger partial charge in [-0.15, -0.1) is 0 Å². The van der Waals surface area contributed by atoms with Gasteiger partial charge in [0.1, 0.15) is 6.04 Å². The number of nitrogens with one attached hydrogen (secondary N) is 1. The number of carboxylic acids is 1. The molecule has 0 saturated heterocycles. The minimum Gasteiger partial charge on any atom is -0.480 e. The topological polar surface area (TPSA) is 87.5 Å². The summed E-state index contributed by atoms with van der Waals surface area (Å²) in [7, 11) is 1.43. The fraction of sp³-hybridized carbons (Fsp3) is 0.500. The summed E-state index contributed by atoms with van der Waals surface area (Å²) < 4.78 is 1.66. The maximum absolute atomic E-state index is 11.7. The molecule has 0 radical (unpaired) electrons. The van der Waals surface area contributed by atoms with Crippen molar-refractivity contribution in [2.24, 2.45) is 0 Å². The second-order valence-corrected chi connectivity index (χ2v) is 3.64. The third kappa shape index (κ3) is 3.20. The molecule has 1 heterocycles. The fourth-order valence-corrected chi connectivity index (χ4v) is 1.15. The number of nitrogens with zero attached hydrogens (tertiary/aromatic N) is 3. The predicted molar refractivity (Wildman–Crippen MR) is 61.8 cm³/mol. The van der Waals surface area contributed by atoms with Crippen molar-refractivity contribution in [2.45, 2.75) is 26.4 Å². The second kappa shape index (κ2) is 5.33. The molecular weight excluding hydrogens is 224 g/mol. The third-order valence-corrected chi connectivity index (χ3v) is 2.47. The number of aliphatic carboxylic acids is 1. The summed E-state index contributed by atoms with van der Waals surface area (Å²) in [6.45, 7) is 4.08. The highest BCUT2D eigenvalue weighted by molar-refractivity contribution is 5.91. The summed E-state index contributed by atoms with van der Waals surface area (Å²) in [5.41, 5.74) is 0.543. The Balaban J connectivity index is 2.62. The van der Waals surface area contributed by atoms with Gasteiger partial charge in [-0.25, -0.2) is 9.59 Å². The number of carbonyl (C=O) groups excluding carboxylic acids is 1. The summed E-state index contributed by atoms with van der Waals surface area (Å²) >= 11 is 0. The van der Waals surface area contributed by atoms with Crippen LogP contribution in [-0.2, 0) is 11.3 Å². The van der Waals surface area contributed by atoms with Crippen molar-refractivity contribution in [1.82, 2.24) is 14.7 Å². The SMILES string of the molecule is CCn1cc(NC(=O)N(C)C(C)C(=O)O)cn1. The van der Waals surface area contributed by atoms with E-state index in [1.807, 2.05) is 6.92 Å². The van der Waals surface area contributed by atoms with E-state index < -0.39 is 18.0 Å². The quantitative estimate of drug-likeness (QED) is 0.816. The van der Waals surface area contributed by atoms with Crippen LogP contribution in [0.25, 0.3) is 0 Å². The lowest BCUT2D eigenvalue weighted by molar-refractivity contribution is -0.141. The first kappa shape index (κ1) is 13.0. The van der Waals surface area contributed by atoms with Gasteiger partial charge >= 0.3 is 12.0 Å². The molecule has 17 heavy (non-hydrogen) atoms. The summed E-state index contributed by atoms with van der Waals surface area (Å²) in [6.07, 6.45) is 3.19. The van der Waals surface area contributed by atoms with E-state index in [1.165, 1.54) is 20.2 Å². The van der Waals surface area contributed by atoms with Gasteiger partial charge in [0.15, 0.2) is 0 Å². The van der Waals surface area contributed by atoms with E-state index in [-0.39, 0.29) is 0 Å². The fourth-order valence-electron chi connectivity index (χ4n) is 1.15. The summed E-state index contributed by atoms with van der Waals surface area (Å²) in [5, 5.41) is 15.3. The largest absolute Gasteiger partial charge is 0.480 e. The van der Waals surface area contributed by atoms with E-state index in [4.69, 9.17) is 5.11 Å². The number of aromatic nitrogens is 2. The van der Waals surface area contributed by atoms with Crippen molar-refractivity contribution < 1.29 is 14.7 Å². The van der Waals surface area contributed by atoms with Crippen LogP contribution in [0.2, 0.25) is 0 Å². The number of anilines is 1. The van der Waals surface area contributed by atoms with Crippen molar-refractivity contribution in [3.05, 3.63) is 12.4 Å². The lowest BCUT2D eigenvalue weighted by Gasteiger charge is -2.21. The number of rotatable bonds is 4. The average Bonchev–Trinajstić information content (AvgIpc) is 2.74. The Hall–Kier alpha value is -2.05. The Bertz CT molecular complexity index is 415. The lowest BCUT2D eigenvalue weighted by atomic mass is 10.3. The zero-order valence-corrected chi connectivity index (χ0v) is 10.0. The Labute approximate surface area is 99.0 Å². The van der Waals surface area contributed by atoms with Crippen molar-refractivity contribution in [3.8, 4) is 0 Å². The van der Waals surface area contributed by atoms with Gasteiger partial charge in [0.05, 0.1) is 11.9 Å². The van der Waals surface area contributed by atoms with Gasteiger partial charge in [0.25, 0.3) is 0 Å². The van der Waals surface area contributed by atoms with Crippen LogP contribution in [0, 0.1) is 0 Å². The maximum Gasteiger partial charge on any atom is 0.326 e. The number of hydrogen-bond acceptors (Lipinski definition) is 3. The molecule has 1 rings (SSSR count). The number of aryl methyl sites for hydroxylation is 1. The standard InChI is InChI=1S/C10H16N4O3/c1-4-14-6-8(5-11-14)12-10(17)13(3)7(2)9(15)16/h5-7H,4H2,1-3H3,(H,12,17)(H,15,16). The van der Waals surface area contributed by atoms with Crippen molar-refractivity contribution in [3.63, 3.8) is 0 Å². The van der Waals surface area contributed by atoms with Gasteiger partial charge in [-0.1, -0.05) is 0 Å². The Morgan fingerprint density at radius 2 is 2.29 bits per heavy atom. The minimum absolute atomic E-state index is 0.476. The zero-order valence-electron chi connectivity index (χ0n) is 10.0. The summed E-state index contributed by atoms with van der Waals surface area (Å²) in [5.74, 6) is -1.05. The molecule has 0 aliphatic carbocycles. The molecule has 0 aliphatic heterocycles. The molecule has 0 bridgehead atoms. The maximum atomic E-state index is 11.7. The van der Waals surface area contributed by atoms with E-state index in [2.05, 4.69) is 10.4 Å². The van der Waals surface area contributed by atoms with E-state index in [9.17, 15) is 9.59 Å². The van der Waals surface area contributed by atoms with E-state index in [0.29, 0.717) is 12.2 Å². The van der Waals surface area contributed by atoms with Gasteiger partial charge in [-0.05, 0) is 13.8 Å². The molecule has 0 fully saturated rings. The van der Waals surface area contributed by atoms with Crippen molar-refractivity contribution in [1.29, 1.82) is 0 Å². The zero-order chi connectivity index (χ0) is 13.0. The van der Waals surface area contributed by atoms with Crippen LogP contribution < -0.4 is 5.32 Å². The second-order valence-electron chi connectivity index (χ2n) is 3.64. The normalized spacial score (nSPS) is 11.9. The monoisotopic (exact) mass is 240 g/mol. The molecule has 0 aliphatic rings. The van der Waals surface area contributed by atoms with Gasteiger partial charge in [-0.3, -0.25) is 4.68 Å². The Morgan fingerprint density at radius 3 is 2.76 bits per heavy atom. The van der Waals surface area contributed by atoms with Crippen molar-refractivity contribution in [2.75, 3.05) is 12.4 Å². The summed E-state index contributed by atoms with van der Waals surface area (Å²) in [4.78, 5) is 23.5. The minimum atomic E-state index is -1.05. The molecule has 0 saturated carbocycles. The number of hydrogen-bond donors (Lipinski definition) is 2. The van der Waals surface area contributed by atoms with Gasteiger partial charge in [0, 0.05) is 19.8 Å². The first-order valence-corrected chi connectivity index (χ1v) is 5.24. The molecule has 1 aromatic rings. The molecule has 0 aromatic carbocycles. The molecule has 7 nitrogen and oxygen atoms in total. The number of carbonyl (C=O) groups is 2. The number of likely N-dealkylation sites (N-methyl/N-ethyl adjacent to an activating group) is 1. The van der Waals surface area contributed by atoms with Crippen LogP contribution in [0.5, 0.6) is 0 Å².